The molecule has 0 aliphatic rings. The van der Waals surface area contributed by atoms with E-state index in [4.69, 9.17) is 18.9 Å². The standard InChI is InChI=1S/C65H113NO8/c1-6-8-10-12-14-16-18-20-22-24-26-28-30-31-32-34-35-37-39-41-43-45-47-49-51-53-55-62(67)72-59-61(60-73-65(64(69)70)71-58-57-66(3,4)5)74-63(68)56-54-52-50-48-46-44-42-40-38-36-33-29-27-25-23-21-19-17-15-13-11-9-7-2/h9,11,15,17,21,23,27,29,36,38,42,44,48,50,61,65H,6-8,10,12-14,16,18-20,22,24-26,28,30-35,37,39-41,43,45-47,49,51-60H2,1-5H3/b11-9-,17-15-,23-21-,29-27-,38-36-,44-42-,50-48-. The average Bonchev–Trinajstić information content (AvgIpc) is 3.37. The van der Waals surface area contributed by atoms with Gasteiger partial charge in [0.25, 0.3) is 0 Å². The Balaban J connectivity index is 4.29. The molecule has 0 rings (SSSR count). The van der Waals surface area contributed by atoms with E-state index in [2.05, 4.69) is 98.9 Å². The molecule has 0 N–H and O–H groups in total. The van der Waals surface area contributed by atoms with Gasteiger partial charge in [-0.1, -0.05) is 259 Å². The maximum Gasteiger partial charge on any atom is 0.306 e. The van der Waals surface area contributed by atoms with Crippen LogP contribution in [0.4, 0.5) is 0 Å². The second-order valence-electron chi connectivity index (χ2n) is 21.3. The molecule has 9 nitrogen and oxygen atoms in total. The average molecular weight is 1040 g/mol. The number of carboxylic acid groups (broad SMARTS) is 1. The lowest BCUT2D eigenvalue weighted by Gasteiger charge is -2.26. The molecule has 0 aliphatic carbocycles. The van der Waals surface area contributed by atoms with E-state index in [0.29, 0.717) is 23.9 Å². The summed E-state index contributed by atoms with van der Waals surface area (Å²) in [6.07, 6.45) is 70.8. The molecular formula is C65H113NO8. The second kappa shape index (κ2) is 55.7. The predicted octanol–water partition coefficient (Wildman–Crippen LogP) is 16.6. The van der Waals surface area contributed by atoms with Crippen LogP contribution in [0, 0.1) is 0 Å². The van der Waals surface area contributed by atoms with Gasteiger partial charge in [-0.2, -0.15) is 0 Å². The summed E-state index contributed by atoms with van der Waals surface area (Å²) in [5.74, 6) is -2.36. The smallest absolute Gasteiger partial charge is 0.306 e. The lowest BCUT2D eigenvalue weighted by Crippen LogP contribution is -2.44. The van der Waals surface area contributed by atoms with E-state index in [1.54, 1.807) is 0 Å². The Kier molecular flexibility index (Phi) is 53.0. The summed E-state index contributed by atoms with van der Waals surface area (Å²) in [5, 5.41) is 11.8. The molecule has 0 aromatic heterocycles. The van der Waals surface area contributed by atoms with Crippen molar-refractivity contribution in [1.82, 2.24) is 0 Å². The molecule has 0 bridgehead atoms. The minimum absolute atomic E-state index is 0.134. The van der Waals surface area contributed by atoms with Gasteiger partial charge in [0, 0.05) is 12.8 Å². The second-order valence-corrected chi connectivity index (χ2v) is 21.3. The van der Waals surface area contributed by atoms with Crippen LogP contribution >= 0.6 is 0 Å². The summed E-state index contributed by atoms with van der Waals surface area (Å²) in [4.78, 5) is 37.3. The number of esters is 2. The molecule has 2 atom stereocenters. The van der Waals surface area contributed by atoms with Crippen LogP contribution in [0.5, 0.6) is 0 Å². The third kappa shape index (κ3) is 56.2. The van der Waals surface area contributed by atoms with Crippen molar-refractivity contribution in [2.75, 3.05) is 47.5 Å². The van der Waals surface area contributed by atoms with Gasteiger partial charge in [0.1, 0.15) is 13.2 Å². The maximum absolute atomic E-state index is 12.8. The van der Waals surface area contributed by atoms with Crippen molar-refractivity contribution in [3.8, 4) is 0 Å². The van der Waals surface area contributed by atoms with Crippen molar-refractivity contribution in [1.29, 1.82) is 0 Å². The largest absolute Gasteiger partial charge is 0.545 e. The Morgan fingerprint density at radius 3 is 1.14 bits per heavy atom. The number of likely N-dealkylation sites (N-methyl/N-ethyl adjacent to an activating group) is 1. The molecule has 0 spiro atoms. The number of hydrogen-bond acceptors (Lipinski definition) is 8. The molecule has 0 amide bonds. The molecular weight excluding hydrogens is 923 g/mol. The number of unbranched alkanes of at least 4 members (excludes halogenated alkanes) is 26. The molecule has 0 aromatic rings. The quantitative estimate of drug-likeness (QED) is 0.0195. The summed E-state index contributed by atoms with van der Waals surface area (Å²) in [7, 11) is 5.90. The number of quaternary nitrogens is 1. The van der Waals surface area contributed by atoms with E-state index >= 15 is 0 Å². The number of nitrogens with zero attached hydrogens (tertiary/aromatic N) is 1. The van der Waals surface area contributed by atoms with Crippen molar-refractivity contribution in [2.24, 2.45) is 0 Å². The SMILES string of the molecule is CC/C=C\C/C=C\C/C=C\C/C=C\C/C=C\C/C=C\C/C=C\CCCC(=O)OC(COC(=O)CCCCCCCCCCCCCCCCCCCCCCCCCCCC)COC(OCC[N+](C)(C)C)C(=O)[O-]. The summed E-state index contributed by atoms with van der Waals surface area (Å²) < 4.78 is 22.6. The third-order valence-electron chi connectivity index (χ3n) is 12.9. The molecule has 9 heteroatoms. The van der Waals surface area contributed by atoms with Crippen LogP contribution in [0.1, 0.15) is 251 Å². The van der Waals surface area contributed by atoms with E-state index < -0.39 is 24.3 Å². The summed E-state index contributed by atoms with van der Waals surface area (Å²) >= 11 is 0. The lowest BCUT2D eigenvalue weighted by molar-refractivity contribution is -0.870. The number of rotatable bonds is 55. The monoisotopic (exact) mass is 1040 g/mol. The Hall–Kier alpha value is -3.53. The van der Waals surface area contributed by atoms with Gasteiger partial charge < -0.3 is 33.3 Å². The Labute approximate surface area is 455 Å². The van der Waals surface area contributed by atoms with Crippen molar-refractivity contribution in [2.45, 2.75) is 264 Å². The number of carboxylic acids is 1. The van der Waals surface area contributed by atoms with Gasteiger partial charge in [-0.25, -0.2) is 0 Å². The van der Waals surface area contributed by atoms with Crippen LogP contribution in [0.3, 0.4) is 0 Å². The van der Waals surface area contributed by atoms with Crippen LogP contribution in [-0.2, 0) is 33.3 Å². The zero-order chi connectivity index (χ0) is 54.1. The molecule has 0 saturated carbocycles. The van der Waals surface area contributed by atoms with Crippen LogP contribution < -0.4 is 5.11 Å². The van der Waals surface area contributed by atoms with Crippen molar-refractivity contribution >= 4 is 17.9 Å². The molecule has 0 aromatic carbocycles. The maximum atomic E-state index is 12.8. The summed E-state index contributed by atoms with van der Waals surface area (Å²) in [5.41, 5.74) is 0. The Bertz CT molecular complexity index is 1490. The fourth-order valence-corrected chi connectivity index (χ4v) is 8.29. The van der Waals surface area contributed by atoms with Crippen LogP contribution in [0.2, 0.25) is 0 Å². The van der Waals surface area contributed by atoms with Gasteiger partial charge in [0.15, 0.2) is 12.4 Å². The fraction of sp³-hybridized carbons (Fsp3) is 0.738. The molecule has 74 heavy (non-hydrogen) atoms. The van der Waals surface area contributed by atoms with Gasteiger partial charge in [-0.05, 0) is 64.2 Å². The van der Waals surface area contributed by atoms with E-state index in [-0.39, 0.29) is 38.6 Å². The molecule has 0 radical (unpaired) electrons. The fourth-order valence-electron chi connectivity index (χ4n) is 8.29. The third-order valence-corrected chi connectivity index (χ3v) is 12.9. The van der Waals surface area contributed by atoms with E-state index in [1.165, 1.54) is 148 Å². The first-order valence-electron chi connectivity index (χ1n) is 30.2. The summed E-state index contributed by atoms with van der Waals surface area (Å²) in [6, 6.07) is 0. The highest BCUT2D eigenvalue weighted by molar-refractivity contribution is 5.70. The van der Waals surface area contributed by atoms with Gasteiger partial charge in [0.2, 0.25) is 0 Å². The topological polar surface area (TPSA) is 111 Å². The minimum Gasteiger partial charge on any atom is -0.545 e. The highest BCUT2D eigenvalue weighted by Crippen LogP contribution is 2.17. The minimum atomic E-state index is -1.64. The van der Waals surface area contributed by atoms with Crippen LogP contribution in [-0.4, -0.2) is 82.3 Å². The lowest BCUT2D eigenvalue weighted by atomic mass is 10.0. The molecule has 0 fully saturated rings. The first-order valence-corrected chi connectivity index (χ1v) is 30.2. The zero-order valence-electron chi connectivity index (χ0n) is 48.4. The number of carbonyl (C=O) groups is 3. The molecule has 0 saturated heterocycles. The number of hydrogen-bond donors (Lipinski definition) is 0. The van der Waals surface area contributed by atoms with E-state index in [0.717, 1.165) is 64.2 Å². The normalized spacial score (nSPS) is 13.4. The van der Waals surface area contributed by atoms with Crippen LogP contribution in [0.25, 0.3) is 0 Å². The number of ether oxygens (including phenoxy) is 4. The highest BCUT2D eigenvalue weighted by atomic mass is 16.7. The number of aliphatic carboxylic acids is 1. The van der Waals surface area contributed by atoms with E-state index in [1.807, 2.05) is 21.1 Å². The van der Waals surface area contributed by atoms with Crippen LogP contribution in [0.15, 0.2) is 85.1 Å². The molecule has 0 aliphatic heterocycles. The van der Waals surface area contributed by atoms with Crippen molar-refractivity contribution < 1.29 is 42.9 Å². The first kappa shape index (κ1) is 70.5. The molecule has 2 unspecified atom stereocenters. The van der Waals surface area contributed by atoms with Gasteiger partial charge in [-0.15, -0.1) is 0 Å². The van der Waals surface area contributed by atoms with Gasteiger partial charge >= 0.3 is 11.9 Å². The molecule has 0 heterocycles. The van der Waals surface area contributed by atoms with Crippen molar-refractivity contribution in [3.63, 3.8) is 0 Å². The van der Waals surface area contributed by atoms with Crippen molar-refractivity contribution in [3.05, 3.63) is 85.1 Å². The Morgan fingerprint density at radius 1 is 0.419 bits per heavy atom. The van der Waals surface area contributed by atoms with E-state index in [9.17, 15) is 19.5 Å². The van der Waals surface area contributed by atoms with Gasteiger partial charge in [0.05, 0.1) is 40.3 Å². The Morgan fingerprint density at radius 2 is 0.770 bits per heavy atom. The summed E-state index contributed by atoms with van der Waals surface area (Å²) in [6.45, 7) is 4.59. The predicted molar refractivity (Wildman–Crippen MR) is 311 cm³/mol. The molecule has 426 valence electrons. The zero-order valence-corrected chi connectivity index (χ0v) is 48.4. The number of allylic oxidation sites excluding steroid dienone is 14. The number of carbonyl (C=O) groups excluding carboxylic acids is 3. The first-order chi connectivity index (χ1) is 36.1. The highest BCUT2D eigenvalue weighted by Gasteiger charge is 2.22. The van der Waals surface area contributed by atoms with Gasteiger partial charge in [-0.3, -0.25) is 9.59 Å².